The highest BCUT2D eigenvalue weighted by molar-refractivity contribution is 5.21. The summed E-state index contributed by atoms with van der Waals surface area (Å²) in [5.74, 6) is 0. The molecule has 2 aromatic rings. The highest BCUT2D eigenvalue weighted by atomic mass is 16.3. The second-order valence-electron chi connectivity index (χ2n) is 5.22. The molecule has 0 aliphatic carbocycles. The first-order chi connectivity index (χ1) is 8.55. The van der Waals surface area contributed by atoms with Crippen LogP contribution in [0.15, 0.2) is 43.0 Å². The van der Waals surface area contributed by atoms with Crippen LogP contribution >= 0.6 is 0 Å². The summed E-state index contributed by atoms with van der Waals surface area (Å²) in [6.07, 6.45) is 6.98. The van der Waals surface area contributed by atoms with Gasteiger partial charge in [0.25, 0.3) is 0 Å². The van der Waals surface area contributed by atoms with E-state index < -0.39 is 5.60 Å². The normalized spacial score (nSPS) is 14.4. The Labute approximate surface area is 108 Å². The maximum absolute atomic E-state index is 10.4. The molecule has 96 valence electrons. The van der Waals surface area contributed by atoms with E-state index in [9.17, 15) is 5.11 Å². The van der Waals surface area contributed by atoms with Gasteiger partial charge in [-0.05, 0) is 32.3 Å². The number of aliphatic hydroxyl groups is 1. The highest BCUT2D eigenvalue weighted by Crippen LogP contribution is 2.16. The zero-order chi connectivity index (χ0) is 13.0. The second kappa shape index (κ2) is 5.36. The van der Waals surface area contributed by atoms with Crippen LogP contribution < -0.4 is 0 Å². The summed E-state index contributed by atoms with van der Waals surface area (Å²) in [5.41, 5.74) is 1.83. The first kappa shape index (κ1) is 12.8. The fraction of sp³-hybridized carbons (Fsp3) is 0.400. The Bertz CT molecular complexity index is 472. The number of rotatable bonds is 5. The number of nitrogens with zero attached hydrogens (tertiary/aromatic N) is 2. The van der Waals surface area contributed by atoms with Crippen LogP contribution in [0.25, 0.3) is 0 Å². The predicted octanol–water partition coefficient (Wildman–Crippen LogP) is 2.58. The average Bonchev–Trinajstić information content (AvgIpc) is 2.80. The number of aryl methyl sites for hydroxylation is 2. The lowest BCUT2D eigenvalue weighted by Crippen LogP contribution is -2.30. The largest absolute Gasteiger partial charge is 0.388 e. The molecule has 1 atom stereocenters. The minimum atomic E-state index is -0.703. The minimum Gasteiger partial charge on any atom is -0.388 e. The van der Waals surface area contributed by atoms with Crippen molar-refractivity contribution in [3.8, 4) is 0 Å². The van der Waals surface area contributed by atoms with Crippen molar-refractivity contribution < 1.29 is 5.11 Å². The van der Waals surface area contributed by atoms with Crippen molar-refractivity contribution in [2.24, 2.45) is 0 Å². The fourth-order valence-corrected chi connectivity index (χ4v) is 2.02. The number of hydrogen-bond acceptors (Lipinski definition) is 2. The zero-order valence-corrected chi connectivity index (χ0v) is 11.0. The smallest absolute Gasteiger partial charge is 0.0946 e. The molecule has 1 heterocycles. The van der Waals surface area contributed by atoms with Crippen LogP contribution in [0.1, 0.15) is 24.5 Å². The van der Waals surface area contributed by atoms with E-state index >= 15 is 0 Å². The van der Waals surface area contributed by atoms with Crippen molar-refractivity contribution in [3.63, 3.8) is 0 Å². The van der Waals surface area contributed by atoms with Gasteiger partial charge in [-0.3, -0.25) is 0 Å². The second-order valence-corrected chi connectivity index (χ2v) is 5.22. The van der Waals surface area contributed by atoms with Crippen molar-refractivity contribution in [2.75, 3.05) is 0 Å². The van der Waals surface area contributed by atoms with Crippen molar-refractivity contribution in [1.82, 2.24) is 9.55 Å². The van der Waals surface area contributed by atoms with Gasteiger partial charge in [0.05, 0.1) is 18.5 Å². The van der Waals surface area contributed by atoms with E-state index in [4.69, 9.17) is 0 Å². The van der Waals surface area contributed by atoms with E-state index in [0.29, 0.717) is 6.54 Å². The SMILES string of the molecule is Cc1ccc(CCC(C)(O)Cn2ccnc2)cc1. The van der Waals surface area contributed by atoms with Gasteiger partial charge in [-0.15, -0.1) is 0 Å². The Hall–Kier alpha value is -1.61. The molecule has 0 saturated carbocycles. The minimum absolute atomic E-state index is 0.582. The molecule has 0 radical (unpaired) electrons. The predicted molar refractivity (Wildman–Crippen MR) is 72.4 cm³/mol. The molecule has 0 aliphatic rings. The van der Waals surface area contributed by atoms with E-state index in [-0.39, 0.29) is 0 Å². The van der Waals surface area contributed by atoms with E-state index in [1.54, 1.807) is 12.5 Å². The number of hydrogen-bond donors (Lipinski definition) is 1. The first-order valence-corrected chi connectivity index (χ1v) is 6.29. The highest BCUT2D eigenvalue weighted by Gasteiger charge is 2.20. The molecular weight excluding hydrogens is 224 g/mol. The molecular formula is C15H20N2O. The first-order valence-electron chi connectivity index (χ1n) is 6.29. The maximum Gasteiger partial charge on any atom is 0.0946 e. The van der Waals surface area contributed by atoms with Gasteiger partial charge in [-0.1, -0.05) is 29.8 Å². The van der Waals surface area contributed by atoms with E-state index in [0.717, 1.165) is 12.8 Å². The van der Waals surface area contributed by atoms with E-state index in [2.05, 4.69) is 36.2 Å². The van der Waals surface area contributed by atoms with Gasteiger partial charge in [0.1, 0.15) is 0 Å². The fourth-order valence-electron chi connectivity index (χ4n) is 2.02. The lowest BCUT2D eigenvalue weighted by molar-refractivity contribution is 0.0334. The molecule has 0 amide bonds. The van der Waals surface area contributed by atoms with Crippen LogP contribution in [0.2, 0.25) is 0 Å². The molecule has 0 aliphatic heterocycles. The van der Waals surface area contributed by atoms with Gasteiger partial charge in [0, 0.05) is 12.4 Å². The number of aromatic nitrogens is 2. The summed E-state index contributed by atoms with van der Waals surface area (Å²) in [4.78, 5) is 3.99. The Morgan fingerprint density at radius 1 is 1.28 bits per heavy atom. The molecule has 1 aromatic carbocycles. The Morgan fingerprint density at radius 2 is 2.00 bits per heavy atom. The lowest BCUT2D eigenvalue weighted by atomic mass is 9.96. The van der Waals surface area contributed by atoms with Crippen LogP contribution in [-0.4, -0.2) is 20.3 Å². The van der Waals surface area contributed by atoms with Gasteiger partial charge < -0.3 is 9.67 Å². The number of imidazole rings is 1. The summed E-state index contributed by atoms with van der Waals surface area (Å²) >= 11 is 0. The maximum atomic E-state index is 10.4. The lowest BCUT2D eigenvalue weighted by Gasteiger charge is -2.23. The van der Waals surface area contributed by atoms with Crippen LogP contribution in [0.3, 0.4) is 0 Å². The summed E-state index contributed by atoms with van der Waals surface area (Å²) < 4.78 is 1.91. The standard InChI is InChI=1S/C15H20N2O/c1-13-3-5-14(6-4-13)7-8-15(2,18)11-17-10-9-16-12-17/h3-6,9-10,12,18H,7-8,11H2,1-2H3. The van der Waals surface area contributed by atoms with E-state index in [1.807, 2.05) is 17.7 Å². The monoisotopic (exact) mass is 244 g/mol. The molecule has 3 nitrogen and oxygen atoms in total. The third-order valence-corrected chi connectivity index (χ3v) is 3.16. The third kappa shape index (κ3) is 3.70. The third-order valence-electron chi connectivity index (χ3n) is 3.16. The van der Waals surface area contributed by atoms with Crippen molar-refractivity contribution in [3.05, 3.63) is 54.1 Å². The summed E-state index contributed by atoms with van der Waals surface area (Å²) in [5, 5.41) is 10.4. The molecule has 2 rings (SSSR count). The molecule has 18 heavy (non-hydrogen) atoms. The molecule has 0 fully saturated rings. The van der Waals surface area contributed by atoms with Gasteiger partial charge >= 0.3 is 0 Å². The van der Waals surface area contributed by atoms with Gasteiger partial charge in [-0.2, -0.15) is 0 Å². The van der Waals surface area contributed by atoms with E-state index in [1.165, 1.54) is 11.1 Å². The molecule has 1 N–H and O–H groups in total. The van der Waals surface area contributed by atoms with Gasteiger partial charge in [0.15, 0.2) is 0 Å². The topological polar surface area (TPSA) is 38.0 Å². The molecule has 0 spiro atoms. The van der Waals surface area contributed by atoms with Gasteiger partial charge in [-0.25, -0.2) is 4.98 Å². The number of benzene rings is 1. The molecule has 1 aromatic heterocycles. The Kier molecular flexibility index (Phi) is 3.82. The average molecular weight is 244 g/mol. The van der Waals surface area contributed by atoms with Crippen molar-refractivity contribution >= 4 is 0 Å². The van der Waals surface area contributed by atoms with Crippen molar-refractivity contribution in [2.45, 2.75) is 38.8 Å². The molecule has 1 unspecified atom stereocenters. The Morgan fingerprint density at radius 3 is 2.61 bits per heavy atom. The van der Waals surface area contributed by atoms with Crippen LogP contribution in [-0.2, 0) is 13.0 Å². The summed E-state index contributed by atoms with van der Waals surface area (Å²) in [6.45, 7) is 4.54. The molecule has 0 bridgehead atoms. The summed E-state index contributed by atoms with van der Waals surface area (Å²) in [7, 11) is 0. The van der Waals surface area contributed by atoms with Crippen LogP contribution in [0.5, 0.6) is 0 Å². The van der Waals surface area contributed by atoms with Crippen molar-refractivity contribution in [1.29, 1.82) is 0 Å². The Balaban J connectivity index is 1.90. The molecule has 3 heteroatoms. The van der Waals surface area contributed by atoms with Gasteiger partial charge in [0.2, 0.25) is 0 Å². The van der Waals surface area contributed by atoms with Crippen LogP contribution in [0.4, 0.5) is 0 Å². The molecule has 0 saturated heterocycles. The quantitative estimate of drug-likeness (QED) is 0.878. The summed E-state index contributed by atoms with van der Waals surface area (Å²) in [6, 6.07) is 8.48. The van der Waals surface area contributed by atoms with Crippen LogP contribution in [0, 0.1) is 6.92 Å². The zero-order valence-electron chi connectivity index (χ0n) is 11.0.